The number of nitrogens with two attached hydrogens (primary N) is 1. The molecule has 7 nitrogen and oxygen atoms in total. The van der Waals surface area contributed by atoms with E-state index in [1.54, 1.807) is 0 Å². The Morgan fingerprint density at radius 2 is 1.96 bits per heavy atom. The van der Waals surface area contributed by atoms with Gasteiger partial charge in [0.05, 0.1) is 4.92 Å². The van der Waals surface area contributed by atoms with Crippen molar-refractivity contribution in [2.75, 3.05) is 26.7 Å². The molecule has 1 aromatic rings. The molecule has 0 atom stereocenters. The van der Waals surface area contributed by atoms with E-state index in [9.17, 15) is 28.1 Å². The van der Waals surface area contributed by atoms with Gasteiger partial charge >= 0.3 is 6.18 Å². The lowest BCUT2D eigenvalue weighted by atomic mass is 9.93. The molecule has 0 saturated carbocycles. The highest BCUT2D eigenvalue weighted by molar-refractivity contribution is 5.98. The molecule has 0 bridgehead atoms. The van der Waals surface area contributed by atoms with Crippen molar-refractivity contribution in [1.29, 1.82) is 0 Å². The van der Waals surface area contributed by atoms with Crippen molar-refractivity contribution in [2.45, 2.75) is 20.0 Å². The molecule has 0 aliphatic rings. The van der Waals surface area contributed by atoms with Crippen molar-refractivity contribution in [3.63, 3.8) is 0 Å². The van der Waals surface area contributed by atoms with Gasteiger partial charge in [0.2, 0.25) is 0 Å². The minimum absolute atomic E-state index is 0.215. The largest absolute Gasteiger partial charge is 0.484 e. The summed E-state index contributed by atoms with van der Waals surface area (Å²) < 4.78 is 41.3. The van der Waals surface area contributed by atoms with Crippen LogP contribution in [-0.4, -0.2) is 48.7 Å². The van der Waals surface area contributed by atoms with Crippen LogP contribution < -0.4 is 10.5 Å². The van der Waals surface area contributed by atoms with Crippen molar-refractivity contribution in [3.8, 4) is 5.75 Å². The summed E-state index contributed by atoms with van der Waals surface area (Å²) in [6, 6.07) is 2.91. The van der Waals surface area contributed by atoms with E-state index >= 15 is 0 Å². The van der Waals surface area contributed by atoms with Crippen molar-refractivity contribution in [2.24, 2.45) is 11.1 Å². The molecule has 0 saturated heterocycles. The Hall–Kier alpha value is -2.36. The van der Waals surface area contributed by atoms with E-state index in [0.717, 1.165) is 18.2 Å². The number of nitro benzene ring substituents is 1. The van der Waals surface area contributed by atoms with Crippen LogP contribution in [0, 0.1) is 15.5 Å². The average molecular weight is 363 g/mol. The lowest BCUT2D eigenvalue weighted by molar-refractivity contribution is -0.385. The molecule has 0 aromatic heterocycles. The van der Waals surface area contributed by atoms with E-state index in [-0.39, 0.29) is 24.4 Å². The number of hydrogen-bond acceptors (Lipinski definition) is 5. The van der Waals surface area contributed by atoms with Crippen LogP contribution in [-0.2, 0) is 0 Å². The second-order valence-electron chi connectivity index (χ2n) is 6.37. The fourth-order valence-corrected chi connectivity index (χ4v) is 2.08. The number of alkyl halides is 3. The summed E-state index contributed by atoms with van der Waals surface area (Å²) in [5.41, 5.74) is 4.32. The van der Waals surface area contributed by atoms with Crippen LogP contribution in [0.4, 0.5) is 18.9 Å². The van der Waals surface area contributed by atoms with Crippen LogP contribution in [0.2, 0.25) is 0 Å². The van der Waals surface area contributed by atoms with Gasteiger partial charge in [0.25, 0.3) is 11.6 Å². The molecule has 0 heterocycles. The van der Waals surface area contributed by atoms with Gasteiger partial charge in [-0.25, -0.2) is 0 Å². The highest BCUT2D eigenvalue weighted by Gasteiger charge is 2.30. The van der Waals surface area contributed by atoms with Crippen LogP contribution in [0.25, 0.3) is 0 Å². The number of nitro groups is 1. The number of ether oxygens (including phenoxy) is 1. The maximum absolute atomic E-state index is 12.5. The monoisotopic (exact) mass is 363 g/mol. The maximum Gasteiger partial charge on any atom is 0.422 e. The van der Waals surface area contributed by atoms with Crippen molar-refractivity contribution in [3.05, 3.63) is 33.9 Å². The van der Waals surface area contributed by atoms with Gasteiger partial charge in [-0.3, -0.25) is 14.9 Å². The van der Waals surface area contributed by atoms with Gasteiger partial charge in [0.15, 0.2) is 6.61 Å². The first-order valence-corrected chi connectivity index (χ1v) is 7.30. The molecule has 25 heavy (non-hydrogen) atoms. The maximum atomic E-state index is 12.5. The molecule has 140 valence electrons. The normalized spacial score (nSPS) is 12.0. The molecule has 0 unspecified atom stereocenters. The summed E-state index contributed by atoms with van der Waals surface area (Å²) in [6.45, 7) is 2.56. The van der Waals surface area contributed by atoms with E-state index in [0.29, 0.717) is 0 Å². The average Bonchev–Trinajstić information content (AvgIpc) is 2.50. The summed E-state index contributed by atoms with van der Waals surface area (Å²) in [5, 5.41) is 11.1. The fourth-order valence-electron chi connectivity index (χ4n) is 2.08. The van der Waals surface area contributed by atoms with Gasteiger partial charge in [-0.15, -0.1) is 0 Å². The number of rotatable bonds is 7. The highest BCUT2D eigenvalue weighted by Crippen LogP contribution is 2.27. The van der Waals surface area contributed by atoms with Gasteiger partial charge in [0.1, 0.15) is 11.3 Å². The smallest absolute Gasteiger partial charge is 0.422 e. The number of amides is 1. The van der Waals surface area contributed by atoms with Crippen LogP contribution in [0.15, 0.2) is 18.2 Å². The van der Waals surface area contributed by atoms with E-state index in [1.807, 2.05) is 13.8 Å². The topological polar surface area (TPSA) is 98.7 Å². The Morgan fingerprint density at radius 3 is 2.44 bits per heavy atom. The number of carbonyl (C=O) groups is 1. The third-order valence-electron chi connectivity index (χ3n) is 3.36. The number of carbonyl (C=O) groups excluding carboxylic acids is 1. The van der Waals surface area contributed by atoms with Gasteiger partial charge in [-0.05, 0) is 24.1 Å². The van der Waals surface area contributed by atoms with Gasteiger partial charge in [0, 0.05) is 19.7 Å². The third kappa shape index (κ3) is 6.22. The minimum Gasteiger partial charge on any atom is -0.484 e. The Kier molecular flexibility index (Phi) is 6.36. The molecule has 1 amide bonds. The fraction of sp³-hybridized carbons (Fsp3) is 0.533. The summed E-state index contributed by atoms with van der Waals surface area (Å²) in [7, 11) is 1.44. The van der Waals surface area contributed by atoms with E-state index in [2.05, 4.69) is 4.74 Å². The van der Waals surface area contributed by atoms with Crippen molar-refractivity contribution in [1.82, 2.24) is 4.90 Å². The Bertz CT molecular complexity index is 647. The standard InChI is InChI=1S/C15H20F3N3O4/c1-14(2,7-19)8-20(3)13(22)11-6-10(25-9-15(16,17)18)4-5-12(11)21(23)24/h4-6H,7-9,19H2,1-3H3. The Balaban J connectivity index is 3.12. The van der Waals surface area contributed by atoms with Gasteiger partial charge in [-0.2, -0.15) is 13.2 Å². The summed E-state index contributed by atoms with van der Waals surface area (Å²) >= 11 is 0. The second kappa shape index (κ2) is 7.68. The van der Waals surface area contributed by atoms with E-state index < -0.39 is 34.7 Å². The highest BCUT2D eigenvalue weighted by atomic mass is 19.4. The molecular weight excluding hydrogens is 343 g/mol. The minimum atomic E-state index is -4.56. The molecule has 10 heteroatoms. The zero-order valence-corrected chi connectivity index (χ0v) is 14.1. The predicted octanol–water partition coefficient (Wildman–Crippen LogP) is 2.59. The summed E-state index contributed by atoms with van der Waals surface area (Å²) in [6.07, 6.45) is -4.56. The van der Waals surface area contributed by atoms with Crippen LogP contribution >= 0.6 is 0 Å². The number of halogens is 3. The molecule has 0 aliphatic heterocycles. The molecule has 0 aliphatic carbocycles. The lowest BCUT2D eigenvalue weighted by Crippen LogP contribution is -2.40. The predicted molar refractivity (Wildman–Crippen MR) is 84.4 cm³/mol. The zero-order valence-electron chi connectivity index (χ0n) is 14.1. The van der Waals surface area contributed by atoms with Gasteiger partial charge in [-0.1, -0.05) is 13.8 Å². The molecular formula is C15H20F3N3O4. The number of nitrogens with zero attached hydrogens (tertiary/aromatic N) is 2. The third-order valence-corrected chi connectivity index (χ3v) is 3.36. The zero-order chi connectivity index (χ0) is 19.4. The molecule has 1 aromatic carbocycles. The molecule has 0 radical (unpaired) electrons. The first-order chi connectivity index (χ1) is 11.4. The second-order valence-corrected chi connectivity index (χ2v) is 6.37. The first-order valence-electron chi connectivity index (χ1n) is 7.30. The van der Waals surface area contributed by atoms with Crippen molar-refractivity contribution >= 4 is 11.6 Å². The van der Waals surface area contributed by atoms with Crippen LogP contribution in [0.1, 0.15) is 24.2 Å². The number of hydrogen-bond donors (Lipinski definition) is 1. The van der Waals surface area contributed by atoms with Crippen molar-refractivity contribution < 1.29 is 27.6 Å². The SMILES string of the molecule is CN(CC(C)(C)CN)C(=O)c1cc(OCC(F)(F)F)ccc1[N+](=O)[O-]. The van der Waals surface area contributed by atoms with Crippen LogP contribution in [0.3, 0.4) is 0 Å². The first kappa shape index (κ1) is 20.7. The summed E-state index contributed by atoms with van der Waals surface area (Å²) in [4.78, 5) is 24.1. The number of benzene rings is 1. The molecule has 2 N–H and O–H groups in total. The Morgan fingerprint density at radius 1 is 1.36 bits per heavy atom. The molecule has 1 rings (SSSR count). The molecule has 0 spiro atoms. The van der Waals surface area contributed by atoms with Crippen LogP contribution in [0.5, 0.6) is 5.75 Å². The molecule has 0 fully saturated rings. The Labute approximate surface area is 142 Å². The quantitative estimate of drug-likeness (QED) is 0.593. The van der Waals surface area contributed by atoms with Gasteiger partial charge < -0.3 is 15.4 Å². The van der Waals surface area contributed by atoms with E-state index in [4.69, 9.17) is 5.73 Å². The van der Waals surface area contributed by atoms with E-state index in [1.165, 1.54) is 11.9 Å². The summed E-state index contributed by atoms with van der Waals surface area (Å²) in [5.74, 6) is -0.983. The lowest BCUT2D eigenvalue weighted by Gasteiger charge is -2.29.